The molecule has 0 atom stereocenters. The lowest BCUT2D eigenvalue weighted by molar-refractivity contribution is -0.111. The zero-order chi connectivity index (χ0) is 19.7. The normalized spacial score (nSPS) is 10.8. The van der Waals surface area contributed by atoms with Crippen LogP contribution in [0.15, 0.2) is 55.8 Å². The molecule has 0 spiro atoms. The van der Waals surface area contributed by atoms with Gasteiger partial charge in [-0.3, -0.25) is 14.0 Å². The van der Waals surface area contributed by atoms with E-state index >= 15 is 0 Å². The number of amides is 1. The average molecular weight is 374 g/mol. The SMILES string of the molecule is C=CC(=O)Nc1ccc2c(c1)c(C)cn2-c1ncnc(Nc2cnn(C)c2)n1. The van der Waals surface area contributed by atoms with Gasteiger partial charge in [-0.2, -0.15) is 10.1 Å². The number of hydrogen-bond acceptors (Lipinski definition) is 6. The molecule has 4 aromatic rings. The summed E-state index contributed by atoms with van der Waals surface area (Å²) in [4.78, 5) is 24.5. The van der Waals surface area contributed by atoms with Crippen molar-refractivity contribution in [2.75, 3.05) is 10.6 Å². The molecule has 0 saturated carbocycles. The summed E-state index contributed by atoms with van der Waals surface area (Å²) >= 11 is 0. The molecule has 1 aromatic carbocycles. The second-order valence-electron chi connectivity index (χ2n) is 6.24. The molecule has 9 heteroatoms. The van der Waals surface area contributed by atoms with E-state index in [0.717, 1.165) is 22.2 Å². The van der Waals surface area contributed by atoms with E-state index < -0.39 is 0 Å². The molecular formula is C19H18N8O. The minimum Gasteiger partial charge on any atom is -0.323 e. The Morgan fingerprint density at radius 2 is 2.07 bits per heavy atom. The van der Waals surface area contributed by atoms with Crippen LogP contribution in [0.25, 0.3) is 16.9 Å². The van der Waals surface area contributed by atoms with Crippen LogP contribution in [0.1, 0.15) is 5.56 Å². The van der Waals surface area contributed by atoms with E-state index in [-0.39, 0.29) is 5.91 Å². The van der Waals surface area contributed by atoms with Crippen molar-refractivity contribution in [3.63, 3.8) is 0 Å². The number of hydrogen-bond donors (Lipinski definition) is 2. The largest absolute Gasteiger partial charge is 0.323 e. The van der Waals surface area contributed by atoms with E-state index in [1.54, 1.807) is 10.9 Å². The lowest BCUT2D eigenvalue weighted by Gasteiger charge is -2.07. The Balaban J connectivity index is 1.70. The van der Waals surface area contributed by atoms with Gasteiger partial charge in [0.15, 0.2) is 0 Å². The molecule has 0 aliphatic rings. The first-order valence-electron chi connectivity index (χ1n) is 8.53. The van der Waals surface area contributed by atoms with Gasteiger partial charge in [-0.05, 0) is 36.8 Å². The van der Waals surface area contributed by atoms with Crippen molar-refractivity contribution in [1.82, 2.24) is 29.3 Å². The van der Waals surface area contributed by atoms with Crippen molar-refractivity contribution in [3.8, 4) is 5.95 Å². The van der Waals surface area contributed by atoms with Crippen LogP contribution in [0.4, 0.5) is 17.3 Å². The number of nitrogens with zero attached hydrogens (tertiary/aromatic N) is 6. The van der Waals surface area contributed by atoms with Gasteiger partial charge in [-0.1, -0.05) is 6.58 Å². The maximum atomic E-state index is 11.5. The van der Waals surface area contributed by atoms with E-state index in [4.69, 9.17) is 0 Å². The maximum absolute atomic E-state index is 11.5. The molecule has 2 N–H and O–H groups in total. The first-order chi connectivity index (χ1) is 13.5. The highest BCUT2D eigenvalue weighted by Crippen LogP contribution is 2.26. The van der Waals surface area contributed by atoms with Crippen molar-refractivity contribution in [2.24, 2.45) is 7.05 Å². The number of aromatic nitrogens is 6. The van der Waals surface area contributed by atoms with Gasteiger partial charge in [0, 0.05) is 30.5 Å². The molecule has 3 heterocycles. The fourth-order valence-corrected chi connectivity index (χ4v) is 2.91. The Hall–Kier alpha value is -4.01. The van der Waals surface area contributed by atoms with Crippen molar-refractivity contribution in [2.45, 2.75) is 6.92 Å². The summed E-state index contributed by atoms with van der Waals surface area (Å²) in [5.41, 5.74) is 3.45. The summed E-state index contributed by atoms with van der Waals surface area (Å²) in [6, 6.07) is 5.66. The highest BCUT2D eigenvalue weighted by molar-refractivity contribution is 6.00. The Bertz CT molecular complexity index is 1190. The standard InChI is InChI=1S/C19H18N8O/c1-4-17(28)23-13-5-6-16-15(7-13)12(2)9-27(16)19-21-11-20-18(25-19)24-14-8-22-26(3)10-14/h4-11H,1H2,2-3H3,(H,23,28)(H,20,21,24,25). The molecule has 0 radical (unpaired) electrons. The third-order valence-electron chi connectivity index (χ3n) is 4.19. The van der Waals surface area contributed by atoms with Gasteiger partial charge in [0.25, 0.3) is 0 Å². The number of rotatable bonds is 5. The zero-order valence-corrected chi connectivity index (χ0v) is 15.4. The molecule has 3 aromatic heterocycles. The molecule has 4 rings (SSSR count). The number of carbonyl (C=O) groups excluding carboxylic acids is 1. The second-order valence-corrected chi connectivity index (χ2v) is 6.24. The molecule has 0 aliphatic heterocycles. The van der Waals surface area contributed by atoms with Crippen molar-refractivity contribution in [3.05, 3.63) is 61.3 Å². The summed E-state index contributed by atoms with van der Waals surface area (Å²) in [6.45, 7) is 5.46. The highest BCUT2D eigenvalue weighted by atomic mass is 16.1. The molecule has 1 amide bonds. The summed E-state index contributed by atoms with van der Waals surface area (Å²) in [5, 5.41) is 11.0. The quantitative estimate of drug-likeness (QED) is 0.521. The highest BCUT2D eigenvalue weighted by Gasteiger charge is 2.12. The Labute approximate surface area is 160 Å². The molecule has 0 saturated heterocycles. The Morgan fingerprint density at radius 3 is 2.82 bits per heavy atom. The number of benzene rings is 1. The molecule has 0 fully saturated rings. The lowest BCUT2D eigenvalue weighted by Crippen LogP contribution is -2.07. The van der Waals surface area contributed by atoms with Gasteiger partial charge in [0.2, 0.25) is 17.8 Å². The Kier molecular flexibility index (Phi) is 4.32. The summed E-state index contributed by atoms with van der Waals surface area (Å²) in [7, 11) is 1.84. The van der Waals surface area contributed by atoms with Crippen LogP contribution >= 0.6 is 0 Å². The zero-order valence-electron chi connectivity index (χ0n) is 15.4. The topological polar surface area (TPSA) is 103 Å². The molecule has 0 unspecified atom stereocenters. The monoisotopic (exact) mass is 374 g/mol. The smallest absolute Gasteiger partial charge is 0.247 e. The fourth-order valence-electron chi connectivity index (χ4n) is 2.91. The van der Waals surface area contributed by atoms with Crippen LogP contribution in [0.5, 0.6) is 0 Å². The van der Waals surface area contributed by atoms with Crippen LogP contribution in [0.2, 0.25) is 0 Å². The first-order valence-corrected chi connectivity index (χ1v) is 8.53. The Morgan fingerprint density at radius 1 is 1.21 bits per heavy atom. The second kappa shape index (κ2) is 6.95. The van der Waals surface area contributed by atoms with Gasteiger partial charge in [-0.25, -0.2) is 9.97 Å². The number of anilines is 3. The van der Waals surface area contributed by atoms with Crippen LogP contribution in [0.3, 0.4) is 0 Å². The van der Waals surface area contributed by atoms with Crippen LogP contribution < -0.4 is 10.6 Å². The number of aryl methyl sites for hydroxylation is 2. The van der Waals surface area contributed by atoms with Gasteiger partial charge >= 0.3 is 0 Å². The minimum absolute atomic E-state index is 0.250. The van der Waals surface area contributed by atoms with E-state index in [9.17, 15) is 4.79 Å². The van der Waals surface area contributed by atoms with Crippen molar-refractivity contribution < 1.29 is 4.79 Å². The van der Waals surface area contributed by atoms with Gasteiger partial charge < -0.3 is 10.6 Å². The molecule has 0 aliphatic carbocycles. The summed E-state index contributed by atoms with van der Waals surface area (Å²) in [6.07, 6.45) is 8.17. The molecule has 28 heavy (non-hydrogen) atoms. The van der Waals surface area contributed by atoms with E-state index in [0.29, 0.717) is 17.6 Å². The van der Waals surface area contributed by atoms with E-state index in [1.165, 1.54) is 12.4 Å². The van der Waals surface area contributed by atoms with E-state index in [2.05, 4.69) is 37.3 Å². The van der Waals surface area contributed by atoms with Crippen molar-refractivity contribution in [1.29, 1.82) is 0 Å². The number of fused-ring (bicyclic) bond motifs is 1. The van der Waals surface area contributed by atoms with Crippen LogP contribution in [0, 0.1) is 6.92 Å². The molecule has 9 nitrogen and oxygen atoms in total. The van der Waals surface area contributed by atoms with Crippen LogP contribution in [-0.4, -0.2) is 35.2 Å². The maximum Gasteiger partial charge on any atom is 0.247 e. The van der Waals surface area contributed by atoms with Crippen LogP contribution in [-0.2, 0) is 11.8 Å². The number of nitrogens with one attached hydrogen (secondary N) is 2. The van der Waals surface area contributed by atoms with Gasteiger partial charge in [0.05, 0.1) is 17.4 Å². The van der Waals surface area contributed by atoms with Crippen molar-refractivity contribution >= 4 is 34.1 Å². The predicted octanol–water partition coefficient (Wildman–Crippen LogP) is 2.73. The predicted molar refractivity (Wildman–Crippen MR) is 107 cm³/mol. The summed E-state index contributed by atoms with van der Waals surface area (Å²) < 4.78 is 3.58. The first kappa shape index (κ1) is 17.4. The lowest BCUT2D eigenvalue weighted by atomic mass is 10.2. The molecular weight excluding hydrogens is 356 g/mol. The third-order valence-corrected chi connectivity index (χ3v) is 4.19. The summed E-state index contributed by atoms with van der Waals surface area (Å²) in [5.74, 6) is 0.662. The minimum atomic E-state index is -0.250. The van der Waals surface area contributed by atoms with Gasteiger partial charge in [0.1, 0.15) is 6.33 Å². The average Bonchev–Trinajstić information content (AvgIpc) is 3.25. The van der Waals surface area contributed by atoms with E-state index in [1.807, 2.05) is 49.1 Å². The molecule has 140 valence electrons. The number of carbonyl (C=O) groups is 1. The molecule has 0 bridgehead atoms. The van der Waals surface area contributed by atoms with Gasteiger partial charge in [-0.15, -0.1) is 0 Å². The fraction of sp³-hybridized carbons (Fsp3) is 0.105. The third kappa shape index (κ3) is 3.32.